The Balaban J connectivity index is 1.56. The molecule has 3 rings (SSSR count). The molecule has 4 nitrogen and oxygen atoms in total. The van der Waals surface area contributed by atoms with Crippen LogP contribution in [0.1, 0.15) is 11.1 Å². The summed E-state index contributed by atoms with van der Waals surface area (Å²) in [5, 5.41) is 11.2. The number of fused-ring (bicyclic) bond motifs is 1. The van der Waals surface area contributed by atoms with E-state index in [1.165, 1.54) is 0 Å². The molecule has 118 valence electrons. The maximum Gasteiger partial charge on any atom is 0.344 e. The smallest absolute Gasteiger partial charge is 0.344 e. The number of esters is 1. The monoisotopic (exact) mass is 317 g/mol. The van der Waals surface area contributed by atoms with Crippen LogP contribution in [-0.2, 0) is 16.1 Å². The lowest BCUT2D eigenvalue weighted by Crippen LogP contribution is -2.15. The van der Waals surface area contributed by atoms with Crippen molar-refractivity contribution in [3.8, 4) is 11.8 Å². The molecule has 0 N–H and O–H groups in total. The second-order valence-electron chi connectivity index (χ2n) is 5.23. The van der Waals surface area contributed by atoms with E-state index >= 15 is 0 Å². The second kappa shape index (κ2) is 7.30. The average molecular weight is 317 g/mol. The van der Waals surface area contributed by atoms with Crippen LogP contribution in [0.2, 0.25) is 0 Å². The van der Waals surface area contributed by atoms with Gasteiger partial charge < -0.3 is 9.47 Å². The fraction of sp³-hybridized carbons (Fsp3) is 0.100. The average Bonchev–Trinajstić information content (AvgIpc) is 2.64. The van der Waals surface area contributed by atoms with E-state index in [2.05, 4.69) is 6.07 Å². The summed E-state index contributed by atoms with van der Waals surface area (Å²) in [6, 6.07) is 22.7. The van der Waals surface area contributed by atoms with Gasteiger partial charge in [0.05, 0.1) is 11.6 Å². The van der Waals surface area contributed by atoms with Crippen molar-refractivity contribution in [2.45, 2.75) is 6.61 Å². The van der Waals surface area contributed by atoms with Crippen molar-refractivity contribution in [2.24, 2.45) is 0 Å². The molecule has 0 saturated carbocycles. The van der Waals surface area contributed by atoms with Crippen molar-refractivity contribution >= 4 is 16.7 Å². The molecule has 0 fully saturated rings. The van der Waals surface area contributed by atoms with Crippen LogP contribution < -0.4 is 4.74 Å². The third-order valence-corrected chi connectivity index (χ3v) is 3.60. The molecule has 0 atom stereocenters. The molecule has 0 aliphatic heterocycles. The van der Waals surface area contributed by atoms with Gasteiger partial charge in [-0.3, -0.25) is 0 Å². The molecule has 0 aliphatic rings. The maximum absolute atomic E-state index is 11.8. The number of ether oxygens (including phenoxy) is 2. The van der Waals surface area contributed by atoms with E-state index in [4.69, 9.17) is 14.7 Å². The summed E-state index contributed by atoms with van der Waals surface area (Å²) < 4.78 is 10.6. The van der Waals surface area contributed by atoms with Crippen LogP contribution in [0, 0.1) is 11.3 Å². The van der Waals surface area contributed by atoms with E-state index in [0.717, 1.165) is 10.8 Å². The van der Waals surface area contributed by atoms with Crippen molar-refractivity contribution in [2.75, 3.05) is 6.61 Å². The Labute approximate surface area is 139 Å². The summed E-state index contributed by atoms with van der Waals surface area (Å²) in [6.07, 6.45) is 0. The van der Waals surface area contributed by atoms with Gasteiger partial charge in [-0.05, 0) is 29.0 Å². The highest BCUT2D eigenvalue weighted by Crippen LogP contribution is 2.20. The van der Waals surface area contributed by atoms with E-state index in [1.54, 1.807) is 24.3 Å². The van der Waals surface area contributed by atoms with Gasteiger partial charge in [0.25, 0.3) is 0 Å². The Morgan fingerprint density at radius 2 is 1.71 bits per heavy atom. The van der Waals surface area contributed by atoms with Crippen LogP contribution in [0.3, 0.4) is 0 Å². The van der Waals surface area contributed by atoms with Gasteiger partial charge in [-0.15, -0.1) is 0 Å². The minimum atomic E-state index is -0.476. The molecule has 24 heavy (non-hydrogen) atoms. The number of nitrogens with zero attached hydrogens (tertiary/aromatic N) is 1. The fourth-order valence-electron chi connectivity index (χ4n) is 2.35. The van der Waals surface area contributed by atoms with E-state index in [9.17, 15) is 4.79 Å². The quantitative estimate of drug-likeness (QED) is 0.671. The molecule has 0 amide bonds. The molecule has 4 heteroatoms. The summed E-state index contributed by atoms with van der Waals surface area (Å²) in [5.41, 5.74) is 1.18. The van der Waals surface area contributed by atoms with Crippen molar-refractivity contribution in [1.82, 2.24) is 0 Å². The molecule has 0 aromatic heterocycles. The van der Waals surface area contributed by atoms with Gasteiger partial charge in [-0.25, -0.2) is 4.79 Å². The summed E-state index contributed by atoms with van der Waals surface area (Å²) >= 11 is 0. The molecule has 3 aromatic rings. The van der Waals surface area contributed by atoms with Gasteiger partial charge in [0.1, 0.15) is 12.4 Å². The molecule has 0 aliphatic carbocycles. The largest absolute Gasteiger partial charge is 0.482 e. The summed E-state index contributed by atoms with van der Waals surface area (Å²) in [5.74, 6) is 0.138. The van der Waals surface area contributed by atoms with Crippen molar-refractivity contribution in [3.63, 3.8) is 0 Å². The first-order valence-electron chi connectivity index (χ1n) is 7.51. The lowest BCUT2D eigenvalue weighted by Gasteiger charge is -2.08. The number of nitriles is 1. The van der Waals surface area contributed by atoms with Gasteiger partial charge in [-0.2, -0.15) is 5.26 Å². The first-order valence-corrected chi connectivity index (χ1v) is 7.51. The van der Waals surface area contributed by atoms with Gasteiger partial charge >= 0.3 is 5.97 Å². The molecule has 0 bridgehead atoms. The Morgan fingerprint density at radius 1 is 0.958 bits per heavy atom. The van der Waals surface area contributed by atoms with E-state index in [0.29, 0.717) is 16.9 Å². The Morgan fingerprint density at radius 3 is 2.54 bits per heavy atom. The normalized spacial score (nSPS) is 10.1. The molecule has 0 unspecified atom stereocenters. The summed E-state index contributed by atoms with van der Waals surface area (Å²) in [4.78, 5) is 11.8. The van der Waals surface area contributed by atoms with Crippen LogP contribution in [0.5, 0.6) is 5.75 Å². The van der Waals surface area contributed by atoms with E-state index < -0.39 is 5.97 Å². The highest BCUT2D eigenvalue weighted by Gasteiger charge is 2.07. The topological polar surface area (TPSA) is 59.3 Å². The zero-order chi connectivity index (χ0) is 16.8. The standard InChI is InChI=1S/C20H15NO3/c21-12-17-7-3-4-8-18(17)13-24-20(22)14-23-19-10-9-15-5-1-2-6-16(15)11-19/h1-11H,13-14H2. The van der Waals surface area contributed by atoms with Crippen LogP contribution >= 0.6 is 0 Å². The van der Waals surface area contributed by atoms with Crippen molar-refractivity contribution < 1.29 is 14.3 Å². The van der Waals surface area contributed by atoms with Gasteiger partial charge in [0.2, 0.25) is 0 Å². The Hall–Kier alpha value is -3.32. The van der Waals surface area contributed by atoms with Crippen LogP contribution in [-0.4, -0.2) is 12.6 Å². The first kappa shape index (κ1) is 15.6. The lowest BCUT2D eigenvalue weighted by molar-refractivity contribution is -0.147. The molecule has 3 aromatic carbocycles. The minimum absolute atomic E-state index is 0.0592. The van der Waals surface area contributed by atoms with Gasteiger partial charge in [0, 0.05) is 5.56 Å². The number of carbonyl (C=O) groups excluding carboxylic acids is 1. The van der Waals surface area contributed by atoms with Crippen LogP contribution in [0.4, 0.5) is 0 Å². The number of benzene rings is 3. The Bertz CT molecular complexity index is 912. The molecular weight excluding hydrogens is 302 g/mol. The van der Waals surface area contributed by atoms with Crippen LogP contribution in [0.15, 0.2) is 66.7 Å². The number of carbonyl (C=O) groups is 1. The highest BCUT2D eigenvalue weighted by molar-refractivity contribution is 5.83. The first-order chi connectivity index (χ1) is 11.8. The second-order valence-corrected chi connectivity index (χ2v) is 5.23. The van der Waals surface area contributed by atoms with E-state index in [1.807, 2.05) is 42.5 Å². The maximum atomic E-state index is 11.8. The fourth-order valence-corrected chi connectivity index (χ4v) is 2.35. The van der Waals surface area contributed by atoms with Gasteiger partial charge in [0.15, 0.2) is 6.61 Å². The SMILES string of the molecule is N#Cc1ccccc1COC(=O)COc1ccc2ccccc2c1. The zero-order valence-electron chi connectivity index (χ0n) is 12.9. The molecular formula is C20H15NO3. The molecule has 0 heterocycles. The molecule has 0 radical (unpaired) electrons. The van der Waals surface area contributed by atoms with Crippen molar-refractivity contribution in [1.29, 1.82) is 5.26 Å². The summed E-state index contributed by atoms with van der Waals surface area (Å²) in [7, 11) is 0. The summed E-state index contributed by atoms with van der Waals surface area (Å²) in [6.45, 7) is -0.114. The van der Waals surface area contributed by atoms with E-state index in [-0.39, 0.29) is 13.2 Å². The number of hydrogen-bond acceptors (Lipinski definition) is 4. The predicted octanol–water partition coefficient (Wildman–Crippen LogP) is 3.83. The van der Waals surface area contributed by atoms with Crippen molar-refractivity contribution in [3.05, 3.63) is 77.9 Å². The molecule has 0 saturated heterocycles. The minimum Gasteiger partial charge on any atom is -0.482 e. The predicted molar refractivity (Wildman–Crippen MR) is 90.4 cm³/mol. The third kappa shape index (κ3) is 3.71. The third-order valence-electron chi connectivity index (χ3n) is 3.60. The lowest BCUT2D eigenvalue weighted by atomic mass is 10.1. The number of hydrogen-bond donors (Lipinski definition) is 0. The highest BCUT2D eigenvalue weighted by atomic mass is 16.6. The van der Waals surface area contributed by atoms with Gasteiger partial charge in [-0.1, -0.05) is 48.5 Å². The number of rotatable bonds is 5. The van der Waals surface area contributed by atoms with Crippen LogP contribution in [0.25, 0.3) is 10.8 Å². The molecule has 0 spiro atoms. The Kier molecular flexibility index (Phi) is 4.73. The zero-order valence-corrected chi connectivity index (χ0v) is 12.9.